The molecule has 0 atom stereocenters. The van der Waals surface area contributed by atoms with Crippen molar-refractivity contribution in [1.29, 1.82) is 0 Å². The van der Waals surface area contributed by atoms with Crippen LogP contribution in [0.25, 0.3) is 0 Å². The molecule has 15 heavy (non-hydrogen) atoms. The minimum atomic E-state index is 0.214. The van der Waals surface area contributed by atoms with E-state index in [4.69, 9.17) is 0 Å². The maximum Gasteiger partial charge on any atom is 0.0570 e. The van der Waals surface area contributed by atoms with E-state index in [9.17, 15) is 0 Å². The first-order valence-corrected chi connectivity index (χ1v) is 6.45. The van der Waals surface area contributed by atoms with Gasteiger partial charge in [-0.15, -0.1) is 0 Å². The zero-order valence-electron chi connectivity index (χ0n) is 9.98. The van der Waals surface area contributed by atoms with Gasteiger partial charge in [0, 0.05) is 0 Å². The van der Waals surface area contributed by atoms with Crippen molar-refractivity contribution in [2.75, 3.05) is 4.72 Å². The number of hydrogen-bond donors (Lipinski definition) is 1. The van der Waals surface area contributed by atoms with E-state index in [0.29, 0.717) is 0 Å². The van der Waals surface area contributed by atoms with Crippen molar-refractivity contribution < 1.29 is 0 Å². The van der Waals surface area contributed by atoms with E-state index in [1.54, 1.807) is 0 Å². The Morgan fingerprint density at radius 3 is 2.73 bits per heavy atom. The predicted octanol–water partition coefficient (Wildman–Crippen LogP) is 4.26. The number of hydrogen-bond acceptors (Lipinski definition) is 2. The van der Waals surface area contributed by atoms with Gasteiger partial charge in [0.05, 0.1) is 10.4 Å². The van der Waals surface area contributed by atoms with Crippen molar-refractivity contribution in [3.8, 4) is 0 Å². The fourth-order valence-corrected chi connectivity index (χ4v) is 3.05. The van der Waals surface area contributed by atoms with Crippen molar-refractivity contribution in [2.24, 2.45) is 0 Å². The molecule has 1 aliphatic rings. The number of anilines is 1. The lowest BCUT2D eigenvalue weighted by atomic mass is 9.93. The summed E-state index contributed by atoms with van der Waals surface area (Å²) in [4.78, 5) is 0. The Labute approximate surface area is 96.8 Å². The predicted molar refractivity (Wildman–Crippen MR) is 69.4 cm³/mol. The Morgan fingerprint density at radius 1 is 1.33 bits per heavy atom. The van der Waals surface area contributed by atoms with Crippen molar-refractivity contribution in [3.63, 3.8) is 0 Å². The topological polar surface area (TPSA) is 12.0 Å². The molecule has 1 N–H and O–H groups in total. The summed E-state index contributed by atoms with van der Waals surface area (Å²) < 4.78 is 3.72. The molecule has 2 rings (SSSR count). The van der Waals surface area contributed by atoms with Gasteiger partial charge in [0.2, 0.25) is 0 Å². The second-order valence-electron chi connectivity index (χ2n) is 4.75. The maximum absolute atomic E-state index is 3.50. The van der Waals surface area contributed by atoms with Crippen LogP contribution in [0.5, 0.6) is 0 Å². The molecule has 2 heteroatoms. The molecule has 1 aliphatic heterocycles. The Kier molecular flexibility index (Phi) is 2.72. The van der Waals surface area contributed by atoms with Crippen LogP contribution in [0.15, 0.2) is 12.1 Å². The summed E-state index contributed by atoms with van der Waals surface area (Å²) in [6.45, 7) is 9.01. The van der Waals surface area contributed by atoms with Gasteiger partial charge in [0.25, 0.3) is 0 Å². The largest absolute Gasteiger partial charge is 0.328 e. The molecule has 82 valence electrons. The molecule has 1 aromatic carbocycles. The first-order chi connectivity index (χ1) is 7.06. The van der Waals surface area contributed by atoms with Crippen LogP contribution < -0.4 is 4.72 Å². The molecule has 1 nitrogen and oxygen atoms in total. The summed E-state index contributed by atoms with van der Waals surface area (Å²) in [5, 5.41) is 0. The van der Waals surface area contributed by atoms with Gasteiger partial charge in [0.15, 0.2) is 0 Å². The normalized spacial score (nSPS) is 17.3. The molecule has 0 fully saturated rings. The lowest BCUT2D eigenvalue weighted by molar-refractivity contribution is 0.795. The number of aryl methyl sites for hydroxylation is 1. The second kappa shape index (κ2) is 3.75. The quantitative estimate of drug-likeness (QED) is 0.749. The van der Waals surface area contributed by atoms with E-state index in [2.05, 4.69) is 44.5 Å². The molecule has 0 amide bonds. The zero-order chi connectivity index (χ0) is 11.1. The summed E-state index contributed by atoms with van der Waals surface area (Å²) >= 11 is 1.83. The second-order valence-corrected chi connectivity index (χ2v) is 6.18. The van der Waals surface area contributed by atoms with Gasteiger partial charge in [-0.2, -0.15) is 0 Å². The Bertz CT molecular complexity index is 382. The monoisotopic (exact) mass is 221 g/mol. The van der Waals surface area contributed by atoms with Gasteiger partial charge in [0.1, 0.15) is 0 Å². The van der Waals surface area contributed by atoms with E-state index < -0.39 is 0 Å². The molecular weight excluding hydrogens is 202 g/mol. The van der Waals surface area contributed by atoms with Crippen LogP contribution in [0, 0.1) is 6.92 Å². The van der Waals surface area contributed by atoms with Gasteiger partial charge in [-0.1, -0.05) is 25.5 Å². The number of rotatable bonds is 2. The fourth-order valence-electron chi connectivity index (χ4n) is 2.18. The van der Waals surface area contributed by atoms with E-state index in [1.165, 1.54) is 35.2 Å². The van der Waals surface area contributed by atoms with Crippen molar-refractivity contribution >= 4 is 17.6 Å². The molecule has 1 heterocycles. The third-order valence-corrected chi connectivity index (χ3v) is 4.14. The third kappa shape index (κ3) is 1.76. The molecule has 0 aromatic heterocycles. The van der Waals surface area contributed by atoms with Gasteiger partial charge >= 0.3 is 0 Å². The molecular formula is C13H19NS. The molecule has 1 aromatic rings. The lowest BCUT2D eigenvalue weighted by Crippen LogP contribution is -2.07. The number of benzene rings is 1. The van der Waals surface area contributed by atoms with E-state index in [-0.39, 0.29) is 4.75 Å². The minimum Gasteiger partial charge on any atom is -0.328 e. The fraction of sp³-hybridized carbons (Fsp3) is 0.538. The Hall–Kier alpha value is -0.630. The standard InChI is InChI=1S/C13H19NS/c1-5-6-10-9(2)7-8-11-12(10)14-15-13(11,3)4/h7-8,14H,5-6H2,1-4H3. The van der Waals surface area contributed by atoms with Gasteiger partial charge in [-0.3, -0.25) is 0 Å². The number of nitrogens with one attached hydrogen (secondary N) is 1. The van der Waals surface area contributed by atoms with Crippen LogP contribution in [0.1, 0.15) is 43.9 Å². The van der Waals surface area contributed by atoms with Crippen LogP contribution in [0.2, 0.25) is 0 Å². The van der Waals surface area contributed by atoms with Crippen LogP contribution >= 0.6 is 11.9 Å². The summed E-state index contributed by atoms with van der Waals surface area (Å²) in [6.07, 6.45) is 2.39. The van der Waals surface area contributed by atoms with Gasteiger partial charge < -0.3 is 4.72 Å². The summed E-state index contributed by atoms with van der Waals surface area (Å²) in [5.41, 5.74) is 5.77. The van der Waals surface area contributed by atoms with E-state index in [1.807, 2.05) is 11.9 Å². The zero-order valence-corrected chi connectivity index (χ0v) is 10.8. The highest BCUT2D eigenvalue weighted by atomic mass is 32.2. The first kappa shape index (κ1) is 10.9. The summed E-state index contributed by atoms with van der Waals surface area (Å²) in [5.74, 6) is 0. The van der Waals surface area contributed by atoms with Crippen LogP contribution in [0.4, 0.5) is 5.69 Å². The van der Waals surface area contributed by atoms with Crippen molar-refractivity contribution in [3.05, 3.63) is 28.8 Å². The molecule has 0 radical (unpaired) electrons. The van der Waals surface area contributed by atoms with Crippen LogP contribution in [-0.4, -0.2) is 0 Å². The number of fused-ring (bicyclic) bond motifs is 1. The lowest BCUT2D eigenvalue weighted by Gasteiger charge is -2.16. The van der Waals surface area contributed by atoms with Crippen LogP contribution in [0.3, 0.4) is 0 Å². The molecule has 0 unspecified atom stereocenters. The maximum atomic E-state index is 3.50. The van der Waals surface area contributed by atoms with Gasteiger partial charge in [-0.05, 0) is 55.8 Å². The Morgan fingerprint density at radius 2 is 2.07 bits per heavy atom. The highest BCUT2D eigenvalue weighted by Gasteiger charge is 2.32. The summed E-state index contributed by atoms with van der Waals surface area (Å²) in [6, 6.07) is 4.54. The highest BCUT2D eigenvalue weighted by molar-refractivity contribution is 8.01. The molecule has 0 saturated carbocycles. The molecule has 0 aliphatic carbocycles. The SMILES string of the molecule is CCCc1c(C)ccc2c1NSC2(C)C. The van der Waals surface area contributed by atoms with Gasteiger partial charge in [-0.25, -0.2) is 0 Å². The summed E-state index contributed by atoms with van der Waals surface area (Å²) in [7, 11) is 0. The molecule has 0 bridgehead atoms. The minimum absolute atomic E-state index is 0.214. The van der Waals surface area contributed by atoms with Crippen molar-refractivity contribution in [2.45, 2.75) is 45.3 Å². The third-order valence-electron chi connectivity index (χ3n) is 3.10. The molecule has 0 spiro atoms. The smallest absolute Gasteiger partial charge is 0.0570 e. The highest BCUT2D eigenvalue weighted by Crippen LogP contribution is 2.48. The molecule has 0 saturated heterocycles. The van der Waals surface area contributed by atoms with E-state index >= 15 is 0 Å². The Balaban J connectivity index is 2.53. The first-order valence-electron chi connectivity index (χ1n) is 5.63. The van der Waals surface area contributed by atoms with E-state index in [0.717, 1.165) is 0 Å². The average Bonchev–Trinajstić information content (AvgIpc) is 2.47. The van der Waals surface area contributed by atoms with Crippen LogP contribution in [-0.2, 0) is 11.2 Å². The average molecular weight is 221 g/mol. The van der Waals surface area contributed by atoms with Crippen molar-refractivity contribution in [1.82, 2.24) is 0 Å².